The Morgan fingerprint density at radius 2 is 2.05 bits per heavy atom. The molecule has 1 aliphatic rings. The molecule has 2 unspecified atom stereocenters. The molecule has 0 aromatic carbocycles. The van der Waals surface area contributed by atoms with E-state index in [1.54, 1.807) is 22.7 Å². The Bertz CT molecular complexity index is 561. The molecule has 3 heterocycles. The first-order chi connectivity index (χ1) is 10.1. The summed E-state index contributed by atoms with van der Waals surface area (Å²) in [6, 6.07) is 4.41. The summed E-state index contributed by atoms with van der Waals surface area (Å²) in [6.07, 6.45) is 1.87. The summed E-state index contributed by atoms with van der Waals surface area (Å²) in [7, 11) is 0. The molecule has 0 spiro atoms. The molecule has 1 fully saturated rings. The fraction of sp³-hybridized carbons (Fsp3) is 0.500. The van der Waals surface area contributed by atoms with Gasteiger partial charge in [0.1, 0.15) is 0 Å². The number of nitrogens with two attached hydrogens (primary N) is 1. The van der Waals surface area contributed by atoms with E-state index >= 15 is 0 Å². The van der Waals surface area contributed by atoms with E-state index in [9.17, 15) is 0 Å². The summed E-state index contributed by atoms with van der Waals surface area (Å²) in [4.78, 5) is 10.5. The summed E-state index contributed by atoms with van der Waals surface area (Å²) < 4.78 is 0.831. The monoisotopic (exact) mass is 342 g/mol. The molecule has 1 aliphatic heterocycles. The van der Waals surface area contributed by atoms with Gasteiger partial charge in [-0.3, -0.25) is 4.90 Å². The van der Waals surface area contributed by atoms with E-state index in [0.717, 1.165) is 35.6 Å². The van der Waals surface area contributed by atoms with Crippen LogP contribution in [0, 0.1) is 0 Å². The maximum Gasteiger partial charge on any atom is 0.185 e. The lowest BCUT2D eigenvalue weighted by molar-refractivity contribution is 0.169. The Morgan fingerprint density at radius 3 is 2.57 bits per heavy atom. The van der Waals surface area contributed by atoms with Gasteiger partial charge in [-0.1, -0.05) is 11.6 Å². The summed E-state index contributed by atoms with van der Waals surface area (Å²) in [6.45, 7) is 6.07. The minimum absolute atomic E-state index is 0.0890. The molecule has 0 radical (unpaired) electrons. The molecule has 7 heteroatoms. The number of thiazole rings is 1. The van der Waals surface area contributed by atoms with Gasteiger partial charge in [0, 0.05) is 48.7 Å². The van der Waals surface area contributed by atoms with E-state index < -0.39 is 0 Å². The van der Waals surface area contributed by atoms with Crippen molar-refractivity contribution in [3.05, 3.63) is 32.9 Å². The van der Waals surface area contributed by atoms with E-state index in [1.807, 2.05) is 17.6 Å². The first kappa shape index (κ1) is 15.2. The SMILES string of the molecule is CC(N)C(c1ccc(Cl)s1)N1CCN(c2nccs2)CC1. The van der Waals surface area contributed by atoms with Crippen LogP contribution in [0.2, 0.25) is 4.34 Å². The molecule has 2 N–H and O–H groups in total. The van der Waals surface area contributed by atoms with Crippen LogP contribution in [0.4, 0.5) is 5.13 Å². The lowest BCUT2D eigenvalue weighted by Gasteiger charge is -2.40. The first-order valence-electron chi connectivity index (χ1n) is 7.04. The number of hydrogen-bond acceptors (Lipinski definition) is 6. The van der Waals surface area contributed by atoms with Gasteiger partial charge in [-0.15, -0.1) is 22.7 Å². The highest BCUT2D eigenvalue weighted by molar-refractivity contribution is 7.16. The number of rotatable bonds is 4. The smallest absolute Gasteiger partial charge is 0.185 e. The van der Waals surface area contributed by atoms with E-state index in [1.165, 1.54) is 4.88 Å². The van der Waals surface area contributed by atoms with Gasteiger partial charge in [0.15, 0.2) is 5.13 Å². The van der Waals surface area contributed by atoms with Crippen LogP contribution in [0.1, 0.15) is 17.8 Å². The maximum absolute atomic E-state index is 6.24. The Labute approximate surface area is 138 Å². The Balaban J connectivity index is 1.69. The molecule has 0 saturated carbocycles. The predicted octanol–water partition coefficient (Wildman–Crippen LogP) is 3.07. The number of halogens is 1. The van der Waals surface area contributed by atoms with Crippen LogP contribution in [0.5, 0.6) is 0 Å². The third kappa shape index (κ3) is 3.40. The first-order valence-corrected chi connectivity index (χ1v) is 9.12. The molecule has 3 rings (SSSR count). The zero-order valence-electron chi connectivity index (χ0n) is 11.9. The largest absolute Gasteiger partial charge is 0.346 e. The van der Waals surface area contributed by atoms with Gasteiger partial charge in [0.25, 0.3) is 0 Å². The van der Waals surface area contributed by atoms with Crippen LogP contribution in [0.25, 0.3) is 0 Å². The van der Waals surface area contributed by atoms with Crippen molar-refractivity contribution in [3.63, 3.8) is 0 Å². The zero-order valence-corrected chi connectivity index (χ0v) is 14.3. The van der Waals surface area contributed by atoms with Crippen molar-refractivity contribution in [2.75, 3.05) is 31.1 Å². The fourth-order valence-corrected chi connectivity index (χ4v) is 4.83. The van der Waals surface area contributed by atoms with Crippen LogP contribution in [-0.4, -0.2) is 42.1 Å². The molecule has 114 valence electrons. The molecular weight excluding hydrogens is 324 g/mol. The number of piperazine rings is 1. The molecule has 2 aromatic rings. The standard InChI is InChI=1S/C14H19ClN4S2/c1-10(16)13(11-2-3-12(15)21-11)18-5-7-19(8-6-18)14-17-4-9-20-14/h2-4,9-10,13H,5-8,16H2,1H3. The van der Waals surface area contributed by atoms with Crippen molar-refractivity contribution in [3.8, 4) is 0 Å². The summed E-state index contributed by atoms with van der Waals surface area (Å²) in [5.74, 6) is 0. The number of thiophene rings is 1. The molecule has 2 atom stereocenters. The van der Waals surface area contributed by atoms with Crippen molar-refractivity contribution in [2.45, 2.75) is 19.0 Å². The maximum atomic E-state index is 6.24. The van der Waals surface area contributed by atoms with Gasteiger partial charge in [0.2, 0.25) is 0 Å². The summed E-state index contributed by atoms with van der Waals surface area (Å²) in [5, 5.41) is 3.14. The van der Waals surface area contributed by atoms with Gasteiger partial charge in [-0.25, -0.2) is 4.98 Å². The quantitative estimate of drug-likeness (QED) is 0.927. The van der Waals surface area contributed by atoms with Crippen LogP contribution >= 0.6 is 34.3 Å². The van der Waals surface area contributed by atoms with Crippen molar-refractivity contribution < 1.29 is 0 Å². The Hall–Kier alpha value is -0.660. The normalized spacial score (nSPS) is 19.7. The van der Waals surface area contributed by atoms with Gasteiger partial charge >= 0.3 is 0 Å². The fourth-order valence-electron chi connectivity index (χ4n) is 2.82. The molecule has 0 aliphatic carbocycles. The lowest BCUT2D eigenvalue weighted by atomic mass is 10.1. The van der Waals surface area contributed by atoms with Crippen molar-refractivity contribution >= 4 is 39.4 Å². The van der Waals surface area contributed by atoms with E-state index in [4.69, 9.17) is 17.3 Å². The van der Waals surface area contributed by atoms with Crippen molar-refractivity contribution in [2.24, 2.45) is 5.73 Å². The second-order valence-corrected chi connectivity index (χ2v) is 7.90. The minimum Gasteiger partial charge on any atom is -0.346 e. The second-order valence-electron chi connectivity index (χ2n) is 5.28. The van der Waals surface area contributed by atoms with Crippen LogP contribution in [0.15, 0.2) is 23.7 Å². The van der Waals surface area contributed by atoms with E-state index in [-0.39, 0.29) is 12.1 Å². The highest BCUT2D eigenvalue weighted by atomic mass is 35.5. The van der Waals surface area contributed by atoms with E-state index in [2.05, 4.69) is 27.8 Å². The average molecular weight is 343 g/mol. The minimum atomic E-state index is 0.0890. The second kappa shape index (κ2) is 6.62. The number of hydrogen-bond donors (Lipinski definition) is 1. The van der Waals surface area contributed by atoms with Crippen LogP contribution in [0.3, 0.4) is 0 Å². The molecular formula is C14H19ClN4S2. The van der Waals surface area contributed by atoms with E-state index in [0.29, 0.717) is 0 Å². The molecule has 1 saturated heterocycles. The average Bonchev–Trinajstić information content (AvgIpc) is 3.11. The summed E-state index contributed by atoms with van der Waals surface area (Å²) >= 11 is 9.42. The number of anilines is 1. The summed E-state index contributed by atoms with van der Waals surface area (Å²) in [5.41, 5.74) is 6.24. The van der Waals surface area contributed by atoms with Crippen LogP contribution < -0.4 is 10.6 Å². The Kier molecular flexibility index (Phi) is 4.81. The zero-order chi connectivity index (χ0) is 14.8. The van der Waals surface area contributed by atoms with Gasteiger partial charge in [-0.2, -0.15) is 0 Å². The molecule has 0 bridgehead atoms. The molecule has 4 nitrogen and oxygen atoms in total. The predicted molar refractivity (Wildman–Crippen MR) is 91.6 cm³/mol. The molecule has 2 aromatic heterocycles. The van der Waals surface area contributed by atoms with Gasteiger partial charge in [0.05, 0.1) is 10.4 Å². The van der Waals surface area contributed by atoms with Crippen molar-refractivity contribution in [1.29, 1.82) is 0 Å². The third-order valence-corrected chi connectivity index (χ3v) is 5.92. The van der Waals surface area contributed by atoms with Crippen LogP contribution in [-0.2, 0) is 0 Å². The Morgan fingerprint density at radius 1 is 1.29 bits per heavy atom. The highest BCUT2D eigenvalue weighted by Gasteiger charge is 2.29. The topological polar surface area (TPSA) is 45.4 Å². The highest BCUT2D eigenvalue weighted by Crippen LogP contribution is 2.33. The number of nitrogens with zero attached hydrogens (tertiary/aromatic N) is 3. The van der Waals surface area contributed by atoms with Crippen molar-refractivity contribution in [1.82, 2.24) is 9.88 Å². The van der Waals surface area contributed by atoms with Gasteiger partial charge < -0.3 is 10.6 Å². The van der Waals surface area contributed by atoms with Gasteiger partial charge in [-0.05, 0) is 19.1 Å². The molecule has 21 heavy (non-hydrogen) atoms. The number of aromatic nitrogens is 1. The molecule has 0 amide bonds. The third-order valence-electron chi connectivity index (χ3n) is 3.78. The lowest BCUT2D eigenvalue weighted by Crippen LogP contribution is -2.50.